The van der Waals surface area contributed by atoms with Crippen LogP contribution in [0, 0.1) is 5.92 Å². The highest BCUT2D eigenvalue weighted by atomic mass is 16.3. The molecule has 1 N–H and O–H groups in total. The van der Waals surface area contributed by atoms with Crippen molar-refractivity contribution < 1.29 is 4.42 Å². The standard InChI is InChI=1S/C12H21NO/c1-10(2)9-11(3)13-7-6-12-5-4-8-14-12/h4-5,8,10-11,13H,6-7,9H2,1-3H3. The minimum atomic E-state index is 0.602. The fraction of sp³-hybridized carbons (Fsp3) is 0.667. The van der Waals surface area contributed by atoms with E-state index in [1.807, 2.05) is 12.1 Å². The van der Waals surface area contributed by atoms with Crippen LogP contribution < -0.4 is 5.32 Å². The first-order valence-corrected chi connectivity index (χ1v) is 5.44. The van der Waals surface area contributed by atoms with E-state index in [2.05, 4.69) is 26.1 Å². The summed E-state index contributed by atoms with van der Waals surface area (Å²) >= 11 is 0. The number of hydrogen-bond donors (Lipinski definition) is 1. The normalized spacial score (nSPS) is 13.4. The van der Waals surface area contributed by atoms with Crippen molar-refractivity contribution in [3.05, 3.63) is 24.2 Å². The van der Waals surface area contributed by atoms with Gasteiger partial charge in [-0.15, -0.1) is 0 Å². The molecular weight excluding hydrogens is 174 g/mol. The summed E-state index contributed by atoms with van der Waals surface area (Å²) in [7, 11) is 0. The van der Waals surface area contributed by atoms with E-state index < -0.39 is 0 Å². The molecule has 0 saturated carbocycles. The second-order valence-electron chi connectivity index (χ2n) is 4.31. The van der Waals surface area contributed by atoms with Gasteiger partial charge in [-0.05, 0) is 31.4 Å². The van der Waals surface area contributed by atoms with Crippen LogP contribution in [0.25, 0.3) is 0 Å². The Kier molecular flexibility index (Phi) is 4.74. The molecule has 1 rings (SSSR count). The van der Waals surface area contributed by atoms with Crippen molar-refractivity contribution in [1.82, 2.24) is 5.32 Å². The van der Waals surface area contributed by atoms with Crippen LogP contribution in [0.2, 0.25) is 0 Å². The second kappa shape index (κ2) is 5.86. The minimum Gasteiger partial charge on any atom is -0.469 e. The molecule has 14 heavy (non-hydrogen) atoms. The Labute approximate surface area is 86.7 Å². The molecule has 0 bridgehead atoms. The number of furan rings is 1. The van der Waals surface area contributed by atoms with Crippen LogP contribution in [0.15, 0.2) is 22.8 Å². The van der Waals surface area contributed by atoms with E-state index in [9.17, 15) is 0 Å². The maximum Gasteiger partial charge on any atom is 0.105 e. The molecule has 1 heterocycles. The van der Waals surface area contributed by atoms with Crippen molar-refractivity contribution >= 4 is 0 Å². The van der Waals surface area contributed by atoms with Gasteiger partial charge in [-0.3, -0.25) is 0 Å². The largest absolute Gasteiger partial charge is 0.469 e. The van der Waals surface area contributed by atoms with Gasteiger partial charge in [0.25, 0.3) is 0 Å². The van der Waals surface area contributed by atoms with E-state index in [-0.39, 0.29) is 0 Å². The quantitative estimate of drug-likeness (QED) is 0.755. The first-order valence-electron chi connectivity index (χ1n) is 5.44. The fourth-order valence-electron chi connectivity index (χ4n) is 1.69. The molecule has 0 fully saturated rings. The Bertz CT molecular complexity index is 228. The lowest BCUT2D eigenvalue weighted by Gasteiger charge is -2.15. The number of nitrogens with one attached hydrogen (secondary N) is 1. The Morgan fingerprint density at radius 2 is 2.14 bits per heavy atom. The SMILES string of the molecule is CC(C)CC(C)NCCc1ccco1. The maximum absolute atomic E-state index is 5.26. The summed E-state index contributed by atoms with van der Waals surface area (Å²) in [6.07, 6.45) is 3.94. The van der Waals surface area contributed by atoms with Gasteiger partial charge >= 0.3 is 0 Å². The molecule has 0 aliphatic heterocycles. The average Bonchev–Trinajstić information content (AvgIpc) is 2.55. The lowest BCUT2D eigenvalue weighted by atomic mass is 10.1. The predicted octanol–water partition coefficient (Wildman–Crippen LogP) is 2.85. The monoisotopic (exact) mass is 195 g/mol. The van der Waals surface area contributed by atoms with Gasteiger partial charge < -0.3 is 9.73 Å². The van der Waals surface area contributed by atoms with Crippen LogP contribution in [-0.4, -0.2) is 12.6 Å². The molecule has 0 aliphatic carbocycles. The van der Waals surface area contributed by atoms with Gasteiger partial charge in [0.15, 0.2) is 0 Å². The van der Waals surface area contributed by atoms with Gasteiger partial charge in [0.2, 0.25) is 0 Å². The Morgan fingerprint density at radius 1 is 1.36 bits per heavy atom. The first kappa shape index (κ1) is 11.3. The first-order chi connectivity index (χ1) is 6.68. The van der Waals surface area contributed by atoms with Gasteiger partial charge in [0.1, 0.15) is 5.76 Å². The van der Waals surface area contributed by atoms with E-state index in [1.165, 1.54) is 6.42 Å². The summed E-state index contributed by atoms with van der Waals surface area (Å²) in [6.45, 7) is 7.75. The van der Waals surface area contributed by atoms with E-state index >= 15 is 0 Å². The smallest absolute Gasteiger partial charge is 0.105 e. The minimum absolute atomic E-state index is 0.602. The molecule has 0 amide bonds. The van der Waals surface area contributed by atoms with Gasteiger partial charge in [0.05, 0.1) is 6.26 Å². The lowest BCUT2D eigenvalue weighted by Crippen LogP contribution is -2.29. The van der Waals surface area contributed by atoms with E-state index in [0.717, 1.165) is 24.6 Å². The van der Waals surface area contributed by atoms with Crippen molar-refractivity contribution in [2.75, 3.05) is 6.54 Å². The van der Waals surface area contributed by atoms with Gasteiger partial charge in [-0.1, -0.05) is 13.8 Å². The molecule has 2 heteroatoms. The zero-order chi connectivity index (χ0) is 10.4. The maximum atomic E-state index is 5.26. The fourth-order valence-corrected chi connectivity index (χ4v) is 1.69. The molecule has 1 atom stereocenters. The third-order valence-electron chi connectivity index (χ3n) is 2.27. The molecule has 0 radical (unpaired) electrons. The summed E-state index contributed by atoms with van der Waals surface area (Å²) in [5.41, 5.74) is 0. The zero-order valence-corrected chi connectivity index (χ0v) is 9.42. The highest BCUT2D eigenvalue weighted by molar-refractivity contribution is 4.98. The van der Waals surface area contributed by atoms with Crippen molar-refractivity contribution in [3.63, 3.8) is 0 Å². The lowest BCUT2D eigenvalue weighted by molar-refractivity contribution is 0.431. The van der Waals surface area contributed by atoms with Gasteiger partial charge in [-0.25, -0.2) is 0 Å². The summed E-state index contributed by atoms with van der Waals surface area (Å²) in [5, 5.41) is 3.49. The van der Waals surface area contributed by atoms with Crippen molar-refractivity contribution in [2.24, 2.45) is 5.92 Å². The molecule has 2 nitrogen and oxygen atoms in total. The van der Waals surface area contributed by atoms with Crippen molar-refractivity contribution in [1.29, 1.82) is 0 Å². The molecular formula is C12H21NO. The van der Waals surface area contributed by atoms with Crippen LogP contribution in [-0.2, 0) is 6.42 Å². The Balaban J connectivity index is 2.09. The van der Waals surface area contributed by atoms with E-state index in [4.69, 9.17) is 4.42 Å². The van der Waals surface area contributed by atoms with Gasteiger partial charge in [0, 0.05) is 19.0 Å². The summed E-state index contributed by atoms with van der Waals surface area (Å²) in [4.78, 5) is 0. The molecule has 80 valence electrons. The van der Waals surface area contributed by atoms with Crippen LogP contribution in [0.5, 0.6) is 0 Å². The predicted molar refractivity (Wildman–Crippen MR) is 59.3 cm³/mol. The summed E-state index contributed by atoms with van der Waals surface area (Å²) in [5.74, 6) is 1.83. The van der Waals surface area contributed by atoms with E-state index in [1.54, 1.807) is 6.26 Å². The Hall–Kier alpha value is -0.760. The number of hydrogen-bond acceptors (Lipinski definition) is 2. The summed E-state index contributed by atoms with van der Waals surface area (Å²) < 4.78 is 5.26. The topological polar surface area (TPSA) is 25.2 Å². The van der Waals surface area contributed by atoms with Crippen LogP contribution in [0.1, 0.15) is 33.0 Å². The van der Waals surface area contributed by atoms with Crippen molar-refractivity contribution in [2.45, 2.75) is 39.7 Å². The second-order valence-corrected chi connectivity index (χ2v) is 4.31. The van der Waals surface area contributed by atoms with Gasteiger partial charge in [-0.2, -0.15) is 0 Å². The van der Waals surface area contributed by atoms with Crippen LogP contribution in [0.3, 0.4) is 0 Å². The third-order valence-corrected chi connectivity index (χ3v) is 2.27. The molecule has 0 spiro atoms. The van der Waals surface area contributed by atoms with Crippen molar-refractivity contribution in [3.8, 4) is 0 Å². The molecule has 0 saturated heterocycles. The third kappa shape index (κ3) is 4.47. The zero-order valence-electron chi connectivity index (χ0n) is 9.42. The molecule has 0 aromatic carbocycles. The van der Waals surface area contributed by atoms with Crippen LogP contribution >= 0.6 is 0 Å². The average molecular weight is 195 g/mol. The molecule has 0 aliphatic rings. The molecule has 1 aromatic heterocycles. The summed E-state index contributed by atoms with van der Waals surface area (Å²) in [6, 6.07) is 4.56. The highest BCUT2D eigenvalue weighted by Gasteiger charge is 2.04. The number of rotatable bonds is 6. The molecule has 1 unspecified atom stereocenters. The molecule has 1 aromatic rings. The Morgan fingerprint density at radius 3 is 2.71 bits per heavy atom. The van der Waals surface area contributed by atoms with Crippen LogP contribution in [0.4, 0.5) is 0 Å². The highest BCUT2D eigenvalue weighted by Crippen LogP contribution is 2.04. The van der Waals surface area contributed by atoms with E-state index in [0.29, 0.717) is 6.04 Å².